The predicted octanol–water partition coefficient (Wildman–Crippen LogP) is 2.70. The molecule has 1 atom stereocenters. The molecule has 2 nitrogen and oxygen atoms in total. The molecule has 1 saturated heterocycles. The number of alkyl halides is 1. The Balaban J connectivity index is 2.22. The minimum absolute atomic E-state index is 0.167. The van der Waals surface area contributed by atoms with Crippen LogP contribution in [0.4, 0.5) is 10.1 Å². The van der Waals surface area contributed by atoms with E-state index in [9.17, 15) is 4.39 Å². The minimum atomic E-state index is -0.167. The van der Waals surface area contributed by atoms with E-state index in [2.05, 4.69) is 23.8 Å². The Kier molecular flexibility index (Phi) is 3.89. The summed E-state index contributed by atoms with van der Waals surface area (Å²) >= 11 is 5.70. The molecule has 0 radical (unpaired) electrons. The Hall–Kier alpha value is -0.800. The molecule has 1 aliphatic heterocycles. The van der Waals surface area contributed by atoms with Gasteiger partial charge in [-0.05, 0) is 31.7 Å². The van der Waals surface area contributed by atoms with Crippen LogP contribution in [0.5, 0.6) is 0 Å². The standard InChI is InChI=1S/C13H18ClFN2/c1-10-9-16(2)5-6-17(10)13-4-3-11(8-14)7-12(13)15/h3-4,7,10H,5-6,8-9H2,1-2H3. The summed E-state index contributed by atoms with van der Waals surface area (Å²) < 4.78 is 14.0. The van der Waals surface area contributed by atoms with Crippen molar-refractivity contribution in [1.82, 2.24) is 4.90 Å². The Morgan fingerprint density at radius 1 is 1.41 bits per heavy atom. The number of nitrogens with zero attached hydrogens (tertiary/aromatic N) is 2. The molecule has 0 aliphatic carbocycles. The van der Waals surface area contributed by atoms with Gasteiger partial charge in [0.2, 0.25) is 0 Å². The second-order valence-corrected chi connectivity index (χ2v) is 4.99. The van der Waals surface area contributed by atoms with Crippen LogP contribution in [-0.4, -0.2) is 37.6 Å². The summed E-state index contributed by atoms with van der Waals surface area (Å²) in [6.07, 6.45) is 0. The van der Waals surface area contributed by atoms with Crippen molar-refractivity contribution >= 4 is 17.3 Å². The summed E-state index contributed by atoms with van der Waals surface area (Å²) in [6.45, 7) is 4.94. The lowest BCUT2D eigenvalue weighted by molar-refractivity contribution is 0.274. The molecule has 1 fully saturated rings. The molecule has 94 valence electrons. The van der Waals surface area contributed by atoms with Crippen molar-refractivity contribution in [3.63, 3.8) is 0 Å². The third-order valence-electron chi connectivity index (χ3n) is 3.31. The van der Waals surface area contributed by atoms with E-state index >= 15 is 0 Å². The molecule has 1 aromatic carbocycles. The molecular formula is C13H18ClFN2. The third-order valence-corrected chi connectivity index (χ3v) is 3.62. The van der Waals surface area contributed by atoms with Gasteiger partial charge in [0.05, 0.1) is 5.69 Å². The van der Waals surface area contributed by atoms with Crippen LogP contribution in [0.25, 0.3) is 0 Å². The maximum absolute atomic E-state index is 14.0. The average molecular weight is 257 g/mol. The van der Waals surface area contributed by atoms with Crippen LogP contribution in [0.2, 0.25) is 0 Å². The smallest absolute Gasteiger partial charge is 0.146 e. The van der Waals surface area contributed by atoms with Crippen LogP contribution in [0.15, 0.2) is 18.2 Å². The van der Waals surface area contributed by atoms with E-state index < -0.39 is 0 Å². The largest absolute Gasteiger partial charge is 0.364 e. The maximum Gasteiger partial charge on any atom is 0.146 e. The third kappa shape index (κ3) is 2.72. The minimum Gasteiger partial charge on any atom is -0.364 e. The van der Waals surface area contributed by atoms with E-state index in [1.54, 1.807) is 0 Å². The highest BCUT2D eigenvalue weighted by Crippen LogP contribution is 2.25. The maximum atomic E-state index is 14.0. The van der Waals surface area contributed by atoms with Gasteiger partial charge in [-0.15, -0.1) is 11.6 Å². The molecule has 1 aromatic rings. The van der Waals surface area contributed by atoms with Gasteiger partial charge in [0.1, 0.15) is 5.82 Å². The lowest BCUT2D eigenvalue weighted by Crippen LogP contribution is -2.50. The Bertz CT molecular complexity index is 397. The van der Waals surface area contributed by atoms with Crippen molar-refractivity contribution in [1.29, 1.82) is 0 Å². The van der Waals surface area contributed by atoms with Crippen LogP contribution in [0.1, 0.15) is 12.5 Å². The first-order valence-corrected chi connectivity index (χ1v) is 6.45. The fourth-order valence-corrected chi connectivity index (χ4v) is 2.53. The van der Waals surface area contributed by atoms with E-state index in [0.717, 1.165) is 25.2 Å². The quantitative estimate of drug-likeness (QED) is 0.751. The van der Waals surface area contributed by atoms with Crippen LogP contribution >= 0.6 is 11.6 Å². The fraction of sp³-hybridized carbons (Fsp3) is 0.538. The zero-order valence-corrected chi connectivity index (χ0v) is 11.0. The molecule has 0 N–H and O–H groups in total. The lowest BCUT2D eigenvalue weighted by atomic mass is 10.1. The van der Waals surface area contributed by atoms with Gasteiger partial charge in [0.15, 0.2) is 0 Å². The molecule has 0 saturated carbocycles. The summed E-state index contributed by atoms with van der Waals surface area (Å²) in [4.78, 5) is 4.40. The SMILES string of the molecule is CC1CN(C)CCN1c1ccc(CCl)cc1F. The van der Waals surface area contributed by atoms with E-state index in [1.807, 2.05) is 12.1 Å². The number of halogens is 2. The van der Waals surface area contributed by atoms with Crippen molar-refractivity contribution in [3.05, 3.63) is 29.6 Å². The topological polar surface area (TPSA) is 6.48 Å². The molecule has 0 aromatic heterocycles. The van der Waals surface area contributed by atoms with E-state index in [4.69, 9.17) is 11.6 Å². The van der Waals surface area contributed by atoms with Gasteiger partial charge in [-0.1, -0.05) is 6.07 Å². The highest BCUT2D eigenvalue weighted by atomic mass is 35.5. The van der Waals surface area contributed by atoms with E-state index in [1.165, 1.54) is 6.07 Å². The number of likely N-dealkylation sites (N-methyl/N-ethyl adjacent to an activating group) is 1. The highest BCUT2D eigenvalue weighted by Gasteiger charge is 2.23. The second kappa shape index (κ2) is 5.23. The van der Waals surface area contributed by atoms with Gasteiger partial charge in [-0.25, -0.2) is 4.39 Å². The van der Waals surface area contributed by atoms with Crippen LogP contribution in [0, 0.1) is 5.82 Å². The second-order valence-electron chi connectivity index (χ2n) is 4.72. The number of piperazine rings is 1. The van der Waals surface area contributed by atoms with Gasteiger partial charge in [-0.3, -0.25) is 0 Å². The molecule has 1 unspecified atom stereocenters. The zero-order chi connectivity index (χ0) is 12.4. The monoisotopic (exact) mass is 256 g/mol. The Morgan fingerprint density at radius 3 is 2.76 bits per heavy atom. The summed E-state index contributed by atoms with van der Waals surface area (Å²) in [5.41, 5.74) is 1.52. The lowest BCUT2D eigenvalue weighted by Gasteiger charge is -2.40. The van der Waals surface area contributed by atoms with E-state index in [-0.39, 0.29) is 5.82 Å². The molecule has 0 amide bonds. The number of hydrogen-bond acceptors (Lipinski definition) is 2. The number of rotatable bonds is 2. The molecule has 0 bridgehead atoms. The first kappa shape index (κ1) is 12.7. The summed E-state index contributed by atoms with van der Waals surface area (Å²) in [5.74, 6) is 0.190. The molecule has 17 heavy (non-hydrogen) atoms. The predicted molar refractivity (Wildman–Crippen MR) is 70.3 cm³/mol. The molecule has 2 rings (SSSR count). The molecular weight excluding hydrogens is 239 g/mol. The van der Waals surface area contributed by atoms with Gasteiger partial charge in [-0.2, -0.15) is 0 Å². The zero-order valence-electron chi connectivity index (χ0n) is 10.3. The van der Waals surface area contributed by atoms with Gasteiger partial charge < -0.3 is 9.80 Å². The fourth-order valence-electron chi connectivity index (χ4n) is 2.36. The van der Waals surface area contributed by atoms with Gasteiger partial charge in [0, 0.05) is 31.6 Å². The number of benzene rings is 1. The van der Waals surface area contributed by atoms with Crippen molar-refractivity contribution in [2.75, 3.05) is 31.6 Å². The summed E-state index contributed by atoms with van der Waals surface area (Å²) in [6, 6.07) is 5.61. The average Bonchev–Trinajstić information content (AvgIpc) is 2.30. The Morgan fingerprint density at radius 2 is 2.18 bits per heavy atom. The van der Waals surface area contributed by atoms with Crippen LogP contribution in [0.3, 0.4) is 0 Å². The van der Waals surface area contributed by atoms with Crippen LogP contribution < -0.4 is 4.90 Å². The number of hydrogen-bond donors (Lipinski definition) is 0. The van der Waals surface area contributed by atoms with E-state index in [0.29, 0.717) is 17.6 Å². The van der Waals surface area contributed by atoms with Crippen molar-refractivity contribution in [2.45, 2.75) is 18.8 Å². The molecule has 4 heteroatoms. The normalized spacial score (nSPS) is 21.9. The summed E-state index contributed by atoms with van der Waals surface area (Å²) in [5, 5.41) is 0. The molecule has 1 heterocycles. The van der Waals surface area contributed by atoms with Crippen LogP contribution in [-0.2, 0) is 5.88 Å². The van der Waals surface area contributed by atoms with Crippen molar-refractivity contribution in [2.24, 2.45) is 0 Å². The van der Waals surface area contributed by atoms with Gasteiger partial charge >= 0.3 is 0 Å². The first-order chi connectivity index (χ1) is 8.11. The molecule has 1 aliphatic rings. The summed E-state index contributed by atoms with van der Waals surface area (Å²) in [7, 11) is 2.10. The first-order valence-electron chi connectivity index (χ1n) is 5.91. The Labute approximate surface area is 107 Å². The highest BCUT2D eigenvalue weighted by molar-refractivity contribution is 6.17. The van der Waals surface area contributed by atoms with Crippen molar-refractivity contribution < 1.29 is 4.39 Å². The van der Waals surface area contributed by atoms with Gasteiger partial charge in [0.25, 0.3) is 0 Å². The molecule has 0 spiro atoms. The number of anilines is 1. The van der Waals surface area contributed by atoms with Crippen molar-refractivity contribution in [3.8, 4) is 0 Å².